The second-order valence-corrected chi connectivity index (χ2v) is 6.66. The molecule has 100 valence electrons. The fraction of sp³-hybridized carbons (Fsp3) is 0.643. The van der Waals surface area contributed by atoms with Crippen molar-refractivity contribution in [2.45, 2.75) is 52.0 Å². The molecule has 1 aromatic rings. The number of anilines is 1. The maximum atomic E-state index is 12.1. The molecule has 18 heavy (non-hydrogen) atoms. The minimum Gasteiger partial charge on any atom is -0.398 e. The summed E-state index contributed by atoms with van der Waals surface area (Å²) < 4.78 is 0. The number of aryl methyl sites for hydroxylation is 1. The molecule has 2 rings (SSSR count). The zero-order valence-corrected chi connectivity index (χ0v) is 12.0. The number of nitrogen functional groups attached to an aromatic ring is 1. The lowest BCUT2D eigenvalue weighted by atomic mass is 10.0. The number of thiophene rings is 1. The topological polar surface area (TPSA) is 55.1 Å². The zero-order valence-electron chi connectivity index (χ0n) is 11.2. The number of hydrogen-bond acceptors (Lipinski definition) is 3. The number of amides is 1. The maximum Gasteiger partial charge on any atom is 0.261 e. The first kappa shape index (κ1) is 13.4. The lowest BCUT2D eigenvalue weighted by molar-refractivity contribution is 0.0937. The van der Waals surface area contributed by atoms with Gasteiger partial charge in [-0.05, 0) is 38.2 Å². The molecule has 0 aromatic carbocycles. The molecule has 1 aliphatic carbocycles. The van der Waals surface area contributed by atoms with Crippen molar-refractivity contribution in [3.05, 3.63) is 15.8 Å². The SMILES string of the molecule is Cc1sc(C(=O)NC2CCCC(C)CC2)cc1N. The molecule has 3 N–H and O–H groups in total. The molecule has 0 aliphatic heterocycles. The van der Waals surface area contributed by atoms with E-state index in [0.29, 0.717) is 6.04 Å². The van der Waals surface area contributed by atoms with Crippen LogP contribution in [0.25, 0.3) is 0 Å². The minimum atomic E-state index is 0.0411. The Labute approximate surface area is 113 Å². The average Bonchev–Trinajstić information content (AvgIpc) is 2.54. The maximum absolute atomic E-state index is 12.1. The van der Waals surface area contributed by atoms with Crippen molar-refractivity contribution in [3.8, 4) is 0 Å². The lowest BCUT2D eigenvalue weighted by Crippen LogP contribution is -2.33. The van der Waals surface area contributed by atoms with Crippen molar-refractivity contribution < 1.29 is 4.79 Å². The fourth-order valence-corrected chi connectivity index (χ4v) is 3.34. The van der Waals surface area contributed by atoms with Crippen LogP contribution in [0.1, 0.15) is 53.6 Å². The molecule has 2 atom stereocenters. The normalized spacial score (nSPS) is 24.6. The Hall–Kier alpha value is -1.03. The van der Waals surface area contributed by atoms with E-state index in [2.05, 4.69) is 12.2 Å². The van der Waals surface area contributed by atoms with Crippen LogP contribution in [0.5, 0.6) is 0 Å². The monoisotopic (exact) mass is 266 g/mol. The third kappa shape index (κ3) is 3.25. The van der Waals surface area contributed by atoms with Gasteiger partial charge in [-0.3, -0.25) is 4.79 Å². The third-order valence-corrected chi connectivity index (χ3v) is 4.84. The number of carbonyl (C=O) groups excluding carboxylic acids is 1. The van der Waals surface area contributed by atoms with E-state index in [9.17, 15) is 4.79 Å². The van der Waals surface area contributed by atoms with Crippen LogP contribution in [-0.2, 0) is 0 Å². The van der Waals surface area contributed by atoms with E-state index in [0.717, 1.165) is 34.2 Å². The molecule has 3 nitrogen and oxygen atoms in total. The molecule has 0 saturated heterocycles. The third-order valence-electron chi connectivity index (χ3n) is 3.77. The summed E-state index contributed by atoms with van der Waals surface area (Å²) in [6.45, 7) is 4.25. The molecule has 1 fully saturated rings. The van der Waals surface area contributed by atoms with Crippen molar-refractivity contribution in [1.82, 2.24) is 5.32 Å². The highest BCUT2D eigenvalue weighted by molar-refractivity contribution is 7.14. The first-order valence-electron chi connectivity index (χ1n) is 6.73. The second-order valence-electron chi connectivity index (χ2n) is 5.41. The molecule has 1 heterocycles. The molecule has 0 spiro atoms. The molecule has 0 bridgehead atoms. The summed E-state index contributed by atoms with van der Waals surface area (Å²) in [7, 11) is 0. The summed E-state index contributed by atoms with van der Waals surface area (Å²) in [4.78, 5) is 13.9. The van der Waals surface area contributed by atoms with Gasteiger partial charge in [-0.1, -0.05) is 19.8 Å². The van der Waals surface area contributed by atoms with Crippen LogP contribution in [-0.4, -0.2) is 11.9 Å². The lowest BCUT2D eigenvalue weighted by Gasteiger charge is -2.15. The smallest absolute Gasteiger partial charge is 0.261 e. The molecular formula is C14H22N2OS. The van der Waals surface area contributed by atoms with Crippen LogP contribution in [0.4, 0.5) is 5.69 Å². The molecule has 1 aromatic heterocycles. The standard InChI is InChI=1S/C14H22N2OS/c1-9-4-3-5-11(7-6-9)16-14(17)13-8-12(15)10(2)18-13/h8-9,11H,3-7,15H2,1-2H3,(H,16,17). The Morgan fingerprint density at radius 1 is 1.39 bits per heavy atom. The van der Waals surface area contributed by atoms with Gasteiger partial charge < -0.3 is 11.1 Å². The van der Waals surface area contributed by atoms with Gasteiger partial charge in [0.15, 0.2) is 0 Å². The van der Waals surface area contributed by atoms with E-state index in [-0.39, 0.29) is 5.91 Å². The zero-order chi connectivity index (χ0) is 13.1. The summed E-state index contributed by atoms with van der Waals surface area (Å²) in [5, 5.41) is 3.15. The van der Waals surface area contributed by atoms with Crippen molar-refractivity contribution in [3.63, 3.8) is 0 Å². The van der Waals surface area contributed by atoms with Gasteiger partial charge in [0.05, 0.1) is 4.88 Å². The van der Waals surface area contributed by atoms with Gasteiger partial charge in [-0.2, -0.15) is 0 Å². The van der Waals surface area contributed by atoms with Crippen LogP contribution in [0.3, 0.4) is 0 Å². The Kier molecular flexibility index (Phi) is 4.27. The number of hydrogen-bond donors (Lipinski definition) is 2. The predicted molar refractivity (Wildman–Crippen MR) is 77.0 cm³/mol. The summed E-state index contributed by atoms with van der Waals surface area (Å²) >= 11 is 1.48. The highest BCUT2D eigenvalue weighted by atomic mass is 32.1. The van der Waals surface area contributed by atoms with Crippen LogP contribution < -0.4 is 11.1 Å². The van der Waals surface area contributed by atoms with Crippen molar-refractivity contribution >= 4 is 22.9 Å². The van der Waals surface area contributed by atoms with Crippen molar-refractivity contribution in [2.24, 2.45) is 5.92 Å². The van der Waals surface area contributed by atoms with E-state index in [1.54, 1.807) is 6.07 Å². The van der Waals surface area contributed by atoms with Crippen LogP contribution in [0, 0.1) is 12.8 Å². The van der Waals surface area contributed by atoms with E-state index >= 15 is 0 Å². The largest absolute Gasteiger partial charge is 0.398 e. The Morgan fingerprint density at radius 2 is 2.17 bits per heavy atom. The number of nitrogens with two attached hydrogens (primary N) is 1. The van der Waals surface area contributed by atoms with Crippen molar-refractivity contribution in [1.29, 1.82) is 0 Å². The molecule has 1 saturated carbocycles. The highest BCUT2D eigenvalue weighted by Crippen LogP contribution is 2.25. The van der Waals surface area contributed by atoms with E-state index in [4.69, 9.17) is 5.73 Å². The van der Waals surface area contributed by atoms with Crippen LogP contribution in [0.15, 0.2) is 6.07 Å². The first-order chi connectivity index (χ1) is 8.56. The summed E-state index contributed by atoms with van der Waals surface area (Å²) in [5.74, 6) is 0.839. The predicted octanol–water partition coefficient (Wildman–Crippen LogP) is 3.34. The number of nitrogens with one attached hydrogen (secondary N) is 1. The second kappa shape index (κ2) is 5.74. The van der Waals surface area contributed by atoms with Crippen LogP contribution >= 0.6 is 11.3 Å². The highest BCUT2D eigenvalue weighted by Gasteiger charge is 2.19. The van der Waals surface area contributed by atoms with Crippen molar-refractivity contribution in [2.75, 3.05) is 5.73 Å². The van der Waals surface area contributed by atoms with Gasteiger partial charge >= 0.3 is 0 Å². The molecule has 2 unspecified atom stereocenters. The molecule has 4 heteroatoms. The van der Waals surface area contributed by atoms with Gasteiger partial charge in [0, 0.05) is 16.6 Å². The number of carbonyl (C=O) groups is 1. The summed E-state index contributed by atoms with van der Waals surface area (Å²) in [6.07, 6.45) is 5.94. The Balaban J connectivity index is 1.94. The van der Waals surface area contributed by atoms with E-state index in [1.807, 2.05) is 6.92 Å². The first-order valence-corrected chi connectivity index (χ1v) is 7.54. The molecule has 1 aliphatic rings. The average molecular weight is 266 g/mol. The van der Waals surface area contributed by atoms with E-state index in [1.165, 1.54) is 30.6 Å². The van der Waals surface area contributed by atoms with Gasteiger partial charge in [0.1, 0.15) is 0 Å². The molecule has 1 amide bonds. The van der Waals surface area contributed by atoms with Crippen LogP contribution in [0.2, 0.25) is 0 Å². The fourth-order valence-electron chi connectivity index (χ4n) is 2.50. The molecular weight excluding hydrogens is 244 g/mol. The summed E-state index contributed by atoms with van der Waals surface area (Å²) in [6, 6.07) is 2.13. The van der Waals surface area contributed by atoms with Gasteiger partial charge in [-0.15, -0.1) is 11.3 Å². The minimum absolute atomic E-state index is 0.0411. The Morgan fingerprint density at radius 3 is 2.83 bits per heavy atom. The quantitative estimate of drug-likeness (QED) is 0.807. The van der Waals surface area contributed by atoms with Gasteiger partial charge in [0.2, 0.25) is 0 Å². The molecule has 0 radical (unpaired) electrons. The number of rotatable bonds is 2. The summed E-state index contributed by atoms with van der Waals surface area (Å²) in [5.41, 5.74) is 6.51. The van der Waals surface area contributed by atoms with E-state index < -0.39 is 0 Å². The Bertz CT molecular complexity index is 408. The van der Waals surface area contributed by atoms with Gasteiger partial charge in [0.25, 0.3) is 5.91 Å². The van der Waals surface area contributed by atoms with Gasteiger partial charge in [-0.25, -0.2) is 0 Å².